The van der Waals surface area contributed by atoms with Crippen LogP contribution >= 0.6 is 0 Å². The Morgan fingerprint density at radius 3 is 1.61 bits per heavy atom. The van der Waals surface area contributed by atoms with Gasteiger partial charge in [-0.15, -0.1) is 0 Å². The van der Waals surface area contributed by atoms with Gasteiger partial charge in [-0.3, -0.25) is 0 Å². The highest BCUT2D eigenvalue weighted by atomic mass is 16.3. The quantitative estimate of drug-likeness (QED) is 0.564. The second kappa shape index (κ2) is 7.46. The molecule has 2 heteroatoms. The molecule has 2 rings (SSSR count). The minimum absolute atomic E-state index is 0.00532. The number of aromatic hydroxyl groups is 1. The molecule has 1 atom stereocenters. The largest absolute Gasteiger partial charge is 0.508 e. The van der Waals surface area contributed by atoms with Crippen LogP contribution in [0, 0.1) is 19.8 Å². The van der Waals surface area contributed by atoms with Crippen LogP contribution in [0.3, 0.4) is 0 Å². The number of phenols is 1. The Labute approximate surface area is 172 Å². The molecule has 1 unspecified atom stereocenters. The predicted octanol–water partition coefficient (Wildman–Crippen LogP) is 6.97. The molecule has 2 nitrogen and oxygen atoms in total. The van der Waals surface area contributed by atoms with Crippen molar-refractivity contribution in [1.82, 2.24) is 0 Å². The maximum Gasteiger partial charge on any atom is 0.119 e. The number of hydrogen-bond donors (Lipinski definition) is 2. The zero-order valence-corrected chi connectivity index (χ0v) is 19.5. The second-order valence-electron chi connectivity index (χ2n) is 10.7. The summed E-state index contributed by atoms with van der Waals surface area (Å²) in [6.45, 7) is 21.9. The van der Waals surface area contributed by atoms with Crippen molar-refractivity contribution in [2.75, 3.05) is 5.73 Å². The fraction of sp³-hybridized carbons (Fsp3) is 0.538. The summed E-state index contributed by atoms with van der Waals surface area (Å²) in [7, 11) is 0. The molecule has 28 heavy (non-hydrogen) atoms. The summed E-state index contributed by atoms with van der Waals surface area (Å²) in [4.78, 5) is 0. The molecule has 0 fully saturated rings. The number of anilines is 1. The lowest BCUT2D eigenvalue weighted by Gasteiger charge is -2.31. The molecule has 0 bridgehead atoms. The summed E-state index contributed by atoms with van der Waals surface area (Å²) in [6.07, 6.45) is 0. The molecule has 2 aromatic carbocycles. The molecule has 2 aromatic rings. The van der Waals surface area contributed by atoms with Gasteiger partial charge in [-0.05, 0) is 76.1 Å². The maximum atomic E-state index is 10.6. The molecule has 0 aliphatic carbocycles. The number of aryl methyl sites for hydroxylation is 2. The second-order valence-corrected chi connectivity index (χ2v) is 10.7. The molecular formula is C26H39NO. The Balaban J connectivity index is 2.79. The van der Waals surface area contributed by atoms with Gasteiger partial charge in [0.05, 0.1) is 0 Å². The highest BCUT2D eigenvalue weighted by Crippen LogP contribution is 2.42. The van der Waals surface area contributed by atoms with Gasteiger partial charge in [-0.1, -0.05) is 67.5 Å². The third kappa shape index (κ3) is 4.37. The number of rotatable bonds is 3. The van der Waals surface area contributed by atoms with Crippen molar-refractivity contribution >= 4 is 5.69 Å². The Hall–Kier alpha value is -1.96. The van der Waals surface area contributed by atoms with E-state index in [0.717, 1.165) is 16.8 Å². The monoisotopic (exact) mass is 381 g/mol. The minimum atomic E-state index is -0.110. The standard InChI is InChI=1S/C26H39NO/c1-15(2)24(18-13-20(25(5,6)7)22(27)11-16(18)3)19-14-21(26(8,9)10)23(28)12-17(19)4/h11-15,24,28H,27H2,1-10H3. The Bertz CT molecular complexity index is 794. The van der Waals surface area contributed by atoms with Gasteiger partial charge >= 0.3 is 0 Å². The van der Waals surface area contributed by atoms with Gasteiger partial charge in [0, 0.05) is 11.6 Å². The van der Waals surface area contributed by atoms with Gasteiger partial charge < -0.3 is 10.8 Å². The first-order valence-corrected chi connectivity index (χ1v) is 10.4. The van der Waals surface area contributed by atoms with E-state index in [-0.39, 0.29) is 16.7 Å². The third-order valence-corrected chi connectivity index (χ3v) is 5.78. The first kappa shape index (κ1) is 22.3. The lowest BCUT2D eigenvalue weighted by atomic mass is 9.74. The molecule has 0 spiro atoms. The van der Waals surface area contributed by atoms with Gasteiger partial charge in [-0.25, -0.2) is 0 Å². The van der Waals surface area contributed by atoms with E-state index in [1.165, 1.54) is 22.3 Å². The molecule has 3 N–H and O–H groups in total. The van der Waals surface area contributed by atoms with Crippen LogP contribution < -0.4 is 5.73 Å². The van der Waals surface area contributed by atoms with Crippen molar-refractivity contribution < 1.29 is 5.11 Å². The van der Waals surface area contributed by atoms with Crippen LogP contribution in [0.25, 0.3) is 0 Å². The average molecular weight is 382 g/mol. The number of nitrogen functional groups attached to an aromatic ring is 1. The molecule has 0 heterocycles. The average Bonchev–Trinajstić information content (AvgIpc) is 2.48. The maximum absolute atomic E-state index is 10.6. The van der Waals surface area contributed by atoms with Crippen LogP contribution in [0.5, 0.6) is 5.75 Å². The number of phenolic OH excluding ortho intramolecular Hbond substituents is 1. The summed E-state index contributed by atoms with van der Waals surface area (Å²) in [5, 5.41) is 10.6. The van der Waals surface area contributed by atoms with Crippen molar-refractivity contribution in [3.63, 3.8) is 0 Å². The molecule has 0 radical (unpaired) electrons. The fourth-order valence-electron chi connectivity index (χ4n) is 4.26. The molecule has 0 amide bonds. The first-order chi connectivity index (χ1) is 12.6. The topological polar surface area (TPSA) is 46.2 Å². The van der Waals surface area contributed by atoms with Gasteiger partial charge in [0.1, 0.15) is 5.75 Å². The van der Waals surface area contributed by atoms with Crippen molar-refractivity contribution in [3.8, 4) is 5.75 Å². The molecular weight excluding hydrogens is 342 g/mol. The van der Waals surface area contributed by atoms with Crippen molar-refractivity contribution in [2.45, 2.75) is 86.0 Å². The van der Waals surface area contributed by atoms with Gasteiger partial charge in [0.2, 0.25) is 0 Å². The van der Waals surface area contributed by atoms with Gasteiger partial charge in [0.25, 0.3) is 0 Å². The van der Waals surface area contributed by atoms with E-state index in [4.69, 9.17) is 5.73 Å². The zero-order valence-electron chi connectivity index (χ0n) is 19.5. The Kier molecular flexibility index (Phi) is 5.95. The van der Waals surface area contributed by atoms with Crippen LogP contribution in [-0.4, -0.2) is 5.11 Å². The molecule has 0 aliphatic rings. The number of nitrogens with two attached hydrogens (primary N) is 1. The van der Waals surface area contributed by atoms with Crippen LogP contribution in [0.15, 0.2) is 24.3 Å². The number of hydrogen-bond acceptors (Lipinski definition) is 2. The van der Waals surface area contributed by atoms with E-state index in [0.29, 0.717) is 11.7 Å². The summed E-state index contributed by atoms with van der Waals surface area (Å²) >= 11 is 0. The summed E-state index contributed by atoms with van der Waals surface area (Å²) in [6, 6.07) is 8.61. The van der Waals surface area contributed by atoms with Gasteiger partial charge in [-0.2, -0.15) is 0 Å². The van der Waals surface area contributed by atoms with Crippen molar-refractivity contribution in [3.05, 3.63) is 57.6 Å². The van der Waals surface area contributed by atoms with Crippen LogP contribution in [0.1, 0.15) is 94.7 Å². The SMILES string of the molecule is Cc1cc(N)c(C(C)(C)C)cc1C(c1cc(C(C)(C)C)c(O)cc1C)C(C)C. The Morgan fingerprint density at radius 1 is 0.750 bits per heavy atom. The van der Waals surface area contributed by atoms with Crippen LogP contribution in [0.4, 0.5) is 5.69 Å². The van der Waals surface area contributed by atoms with E-state index in [1.807, 2.05) is 6.07 Å². The highest BCUT2D eigenvalue weighted by Gasteiger charge is 2.28. The smallest absolute Gasteiger partial charge is 0.119 e. The molecule has 0 aliphatic heterocycles. The van der Waals surface area contributed by atoms with Gasteiger partial charge in [0.15, 0.2) is 0 Å². The summed E-state index contributed by atoms with van der Waals surface area (Å²) in [5.74, 6) is 1.07. The predicted molar refractivity (Wildman–Crippen MR) is 123 cm³/mol. The minimum Gasteiger partial charge on any atom is -0.508 e. The normalized spacial score (nSPS) is 13.8. The van der Waals surface area contributed by atoms with Crippen LogP contribution in [0.2, 0.25) is 0 Å². The lowest BCUT2D eigenvalue weighted by molar-refractivity contribution is 0.444. The summed E-state index contributed by atoms with van der Waals surface area (Å²) < 4.78 is 0. The molecule has 154 valence electrons. The zero-order chi connectivity index (χ0) is 21.6. The third-order valence-electron chi connectivity index (χ3n) is 5.78. The van der Waals surface area contributed by atoms with E-state index in [2.05, 4.69) is 87.4 Å². The lowest BCUT2D eigenvalue weighted by Crippen LogP contribution is -2.19. The fourth-order valence-corrected chi connectivity index (χ4v) is 4.26. The van der Waals surface area contributed by atoms with Crippen molar-refractivity contribution in [1.29, 1.82) is 0 Å². The van der Waals surface area contributed by atoms with E-state index in [1.54, 1.807) is 0 Å². The van der Waals surface area contributed by atoms with E-state index >= 15 is 0 Å². The molecule has 0 saturated heterocycles. The highest BCUT2D eigenvalue weighted by molar-refractivity contribution is 5.58. The Morgan fingerprint density at radius 2 is 1.18 bits per heavy atom. The first-order valence-electron chi connectivity index (χ1n) is 10.4. The van der Waals surface area contributed by atoms with Crippen molar-refractivity contribution in [2.24, 2.45) is 5.92 Å². The van der Waals surface area contributed by atoms with E-state index in [9.17, 15) is 5.11 Å². The van der Waals surface area contributed by atoms with E-state index < -0.39 is 0 Å². The number of benzene rings is 2. The summed E-state index contributed by atoms with van der Waals surface area (Å²) in [5.41, 5.74) is 14.3. The van der Waals surface area contributed by atoms with Crippen LogP contribution in [-0.2, 0) is 10.8 Å². The molecule has 0 saturated carbocycles. The molecule has 0 aromatic heterocycles.